The van der Waals surface area contributed by atoms with Crippen LogP contribution in [0.5, 0.6) is 11.8 Å². The lowest BCUT2D eigenvalue weighted by atomic mass is 10.4. The number of methoxy groups -OCH3 is 1. The minimum absolute atomic E-state index is 0.0277. The summed E-state index contributed by atoms with van der Waals surface area (Å²) in [6.45, 7) is -1.09. The Kier molecular flexibility index (Phi) is 5.47. The number of hydrogen-bond donors (Lipinski definition) is 1. The van der Waals surface area contributed by atoms with Crippen molar-refractivity contribution < 1.29 is 31.1 Å². The van der Waals surface area contributed by atoms with Crippen LogP contribution >= 0.6 is 11.6 Å². The molecule has 150 valence electrons. The molecule has 0 amide bonds. The molecule has 3 aromatic rings. The summed E-state index contributed by atoms with van der Waals surface area (Å²) in [4.78, 5) is 11.3. The molecule has 3 rings (SSSR count). The molecule has 0 fully saturated rings. The molecule has 3 heterocycles. The lowest BCUT2D eigenvalue weighted by molar-refractivity contribution is 0.0770. The zero-order chi connectivity index (χ0) is 20.5. The highest BCUT2D eigenvalue weighted by Gasteiger charge is 2.24. The van der Waals surface area contributed by atoms with Crippen molar-refractivity contribution in [2.24, 2.45) is 0 Å². The quantitative estimate of drug-likeness (QED) is 0.565. The van der Waals surface area contributed by atoms with Crippen molar-refractivity contribution in [3.63, 3.8) is 0 Å². The second-order valence-corrected chi connectivity index (χ2v) is 7.17. The summed E-state index contributed by atoms with van der Waals surface area (Å²) in [6.07, 6.45) is -0.483. The smallest absolute Gasteiger partial charge is 0.279 e. The number of sulfonamides is 1. The minimum Gasteiger partial charge on any atom is -0.479 e. The van der Waals surface area contributed by atoms with E-state index in [1.54, 1.807) is 0 Å². The zero-order valence-corrected chi connectivity index (χ0v) is 15.5. The number of fused-ring (bicyclic) bond motifs is 1. The summed E-state index contributed by atoms with van der Waals surface area (Å²) in [6, 6.07) is 2.05. The standard InChI is InChI=1S/C14H11ClF3N5O4S/c1-26-13-8(4-7(16)12(21-13)27-6-10(17)18)22-28(24,25)11-5-19-14-20-9(15)2-3-23(11)14/h2-5,10,22H,6H2,1H3. The molecule has 0 bridgehead atoms. The van der Waals surface area contributed by atoms with E-state index in [9.17, 15) is 21.6 Å². The van der Waals surface area contributed by atoms with E-state index >= 15 is 0 Å². The topological polar surface area (TPSA) is 108 Å². The molecule has 0 aromatic carbocycles. The van der Waals surface area contributed by atoms with Crippen molar-refractivity contribution in [3.05, 3.63) is 35.5 Å². The predicted octanol–water partition coefficient (Wildman–Crippen LogP) is 2.37. The van der Waals surface area contributed by atoms with Crippen LogP contribution in [0.25, 0.3) is 5.78 Å². The van der Waals surface area contributed by atoms with Gasteiger partial charge in [0.05, 0.1) is 13.3 Å². The molecule has 0 saturated carbocycles. The second kappa shape index (κ2) is 7.67. The molecule has 28 heavy (non-hydrogen) atoms. The van der Waals surface area contributed by atoms with Gasteiger partial charge in [0.2, 0.25) is 11.7 Å². The molecule has 0 saturated heterocycles. The van der Waals surface area contributed by atoms with Crippen LogP contribution in [0.4, 0.5) is 18.9 Å². The van der Waals surface area contributed by atoms with Crippen LogP contribution in [0.3, 0.4) is 0 Å². The van der Waals surface area contributed by atoms with Crippen LogP contribution in [-0.2, 0) is 10.0 Å². The number of halogens is 4. The monoisotopic (exact) mass is 437 g/mol. The third-order valence-corrected chi connectivity index (χ3v) is 4.83. The maximum absolute atomic E-state index is 14.1. The maximum atomic E-state index is 14.1. The first kappa shape index (κ1) is 19.9. The molecule has 0 aliphatic heterocycles. The van der Waals surface area contributed by atoms with E-state index in [4.69, 9.17) is 16.3 Å². The molecule has 0 aliphatic carbocycles. The third kappa shape index (κ3) is 4.04. The van der Waals surface area contributed by atoms with Gasteiger partial charge in [0.1, 0.15) is 10.8 Å². The van der Waals surface area contributed by atoms with Crippen LogP contribution in [0.2, 0.25) is 5.15 Å². The Morgan fingerprint density at radius 1 is 1.32 bits per heavy atom. The molecular formula is C14H11ClF3N5O4S. The summed E-state index contributed by atoms with van der Waals surface area (Å²) in [5, 5.41) is -0.200. The SMILES string of the molecule is COc1nc(OCC(F)F)c(F)cc1NS(=O)(=O)c1cnc2nc(Cl)ccn12. The van der Waals surface area contributed by atoms with Gasteiger partial charge >= 0.3 is 0 Å². The van der Waals surface area contributed by atoms with Crippen molar-refractivity contribution in [3.8, 4) is 11.8 Å². The Bertz CT molecular complexity index is 1130. The maximum Gasteiger partial charge on any atom is 0.279 e. The molecule has 14 heteroatoms. The van der Waals surface area contributed by atoms with Crippen LogP contribution in [0, 0.1) is 5.82 Å². The number of hydrogen-bond acceptors (Lipinski definition) is 7. The summed E-state index contributed by atoms with van der Waals surface area (Å²) in [5.41, 5.74) is -0.374. The number of aromatic nitrogens is 4. The molecule has 3 aromatic heterocycles. The fourth-order valence-corrected chi connectivity index (χ4v) is 3.42. The van der Waals surface area contributed by atoms with Gasteiger partial charge in [-0.25, -0.2) is 23.1 Å². The summed E-state index contributed by atoms with van der Waals surface area (Å²) < 4.78 is 76.5. The molecule has 0 radical (unpaired) electrons. The van der Waals surface area contributed by atoms with Crippen LogP contribution in [0.15, 0.2) is 29.6 Å². The largest absolute Gasteiger partial charge is 0.479 e. The third-order valence-electron chi connectivity index (χ3n) is 3.28. The lowest BCUT2D eigenvalue weighted by Gasteiger charge is -2.13. The number of anilines is 1. The molecule has 9 nitrogen and oxygen atoms in total. The first-order chi connectivity index (χ1) is 13.2. The van der Waals surface area contributed by atoms with Gasteiger partial charge < -0.3 is 9.47 Å². The highest BCUT2D eigenvalue weighted by molar-refractivity contribution is 7.92. The van der Waals surface area contributed by atoms with E-state index in [0.717, 1.165) is 17.7 Å². The Morgan fingerprint density at radius 2 is 2.07 bits per heavy atom. The number of ether oxygens (including phenoxy) is 2. The first-order valence-corrected chi connectivity index (χ1v) is 9.25. The van der Waals surface area contributed by atoms with Gasteiger partial charge in [0.15, 0.2) is 17.5 Å². The number of nitrogens with zero attached hydrogens (tertiary/aromatic N) is 4. The highest BCUT2D eigenvalue weighted by atomic mass is 35.5. The number of alkyl halides is 2. The van der Waals surface area contributed by atoms with Gasteiger partial charge in [-0.2, -0.15) is 13.4 Å². The van der Waals surface area contributed by atoms with E-state index in [1.807, 2.05) is 0 Å². The first-order valence-electron chi connectivity index (χ1n) is 7.39. The van der Waals surface area contributed by atoms with E-state index in [0.29, 0.717) is 6.07 Å². The summed E-state index contributed by atoms with van der Waals surface area (Å²) in [5.74, 6) is -2.27. The fourth-order valence-electron chi connectivity index (χ4n) is 2.15. The van der Waals surface area contributed by atoms with Gasteiger partial charge in [-0.1, -0.05) is 11.6 Å². The van der Waals surface area contributed by atoms with E-state index < -0.39 is 34.8 Å². The molecule has 0 aliphatic rings. The normalized spacial score (nSPS) is 11.8. The lowest BCUT2D eigenvalue weighted by Crippen LogP contribution is -2.17. The Labute approximate surface area is 161 Å². The minimum atomic E-state index is -4.28. The average molecular weight is 438 g/mol. The van der Waals surface area contributed by atoms with Crippen LogP contribution in [-0.4, -0.2) is 47.9 Å². The van der Waals surface area contributed by atoms with E-state index in [1.165, 1.54) is 12.3 Å². The van der Waals surface area contributed by atoms with Gasteiger partial charge in [-0.3, -0.25) is 9.12 Å². The molecule has 0 spiro atoms. The number of pyridine rings is 1. The van der Waals surface area contributed by atoms with Crippen molar-refractivity contribution in [2.75, 3.05) is 18.4 Å². The number of nitrogens with one attached hydrogen (secondary N) is 1. The van der Waals surface area contributed by atoms with Crippen molar-refractivity contribution in [1.82, 2.24) is 19.4 Å². The Morgan fingerprint density at radius 3 is 2.75 bits per heavy atom. The molecular weight excluding hydrogens is 427 g/mol. The van der Waals surface area contributed by atoms with Crippen molar-refractivity contribution >= 4 is 33.1 Å². The van der Waals surface area contributed by atoms with E-state index in [-0.39, 0.29) is 27.5 Å². The van der Waals surface area contributed by atoms with Crippen LogP contribution < -0.4 is 14.2 Å². The van der Waals surface area contributed by atoms with Crippen molar-refractivity contribution in [1.29, 1.82) is 0 Å². The Hall–Kier alpha value is -2.80. The van der Waals surface area contributed by atoms with Gasteiger partial charge in [0, 0.05) is 12.3 Å². The van der Waals surface area contributed by atoms with E-state index in [2.05, 4.69) is 24.4 Å². The van der Waals surface area contributed by atoms with Gasteiger partial charge in [0.25, 0.3) is 22.3 Å². The van der Waals surface area contributed by atoms with Crippen LogP contribution in [0.1, 0.15) is 0 Å². The number of rotatable bonds is 7. The second-order valence-electron chi connectivity index (χ2n) is 5.16. The molecule has 1 N–H and O–H groups in total. The summed E-state index contributed by atoms with van der Waals surface area (Å²) >= 11 is 5.73. The Balaban J connectivity index is 1.96. The van der Waals surface area contributed by atoms with Gasteiger partial charge in [-0.05, 0) is 6.07 Å². The van der Waals surface area contributed by atoms with Crippen molar-refractivity contribution in [2.45, 2.75) is 11.5 Å². The zero-order valence-electron chi connectivity index (χ0n) is 13.9. The van der Waals surface area contributed by atoms with Gasteiger partial charge in [-0.15, -0.1) is 0 Å². The average Bonchev–Trinajstić information content (AvgIpc) is 3.04. The number of imidazole rings is 1. The molecule has 0 unspecified atom stereocenters. The highest BCUT2D eigenvalue weighted by Crippen LogP contribution is 2.30. The molecule has 0 atom stereocenters. The fraction of sp³-hybridized carbons (Fsp3) is 0.214. The summed E-state index contributed by atoms with van der Waals surface area (Å²) in [7, 11) is -3.14. The predicted molar refractivity (Wildman–Crippen MR) is 91.1 cm³/mol.